The Balaban J connectivity index is 1.47. The molecule has 5 heteroatoms. The fourth-order valence-electron chi connectivity index (χ4n) is 3.78. The van der Waals surface area contributed by atoms with Crippen LogP contribution >= 0.6 is 0 Å². The highest BCUT2D eigenvalue weighted by molar-refractivity contribution is 5.23. The zero-order chi connectivity index (χ0) is 16.2. The molecule has 1 aliphatic heterocycles. The molecule has 0 unspecified atom stereocenters. The predicted molar refractivity (Wildman–Crippen MR) is 86.3 cm³/mol. The van der Waals surface area contributed by atoms with Gasteiger partial charge < -0.3 is 15.8 Å². The summed E-state index contributed by atoms with van der Waals surface area (Å²) in [6.45, 7) is 1.65. The maximum Gasteiger partial charge on any atom is 0.162 e. The Morgan fingerprint density at radius 2 is 1.91 bits per heavy atom. The zero-order valence-electron chi connectivity index (χ0n) is 13.4. The summed E-state index contributed by atoms with van der Waals surface area (Å²) in [5, 5.41) is 3.42. The first kappa shape index (κ1) is 16.8. The molecule has 2 aliphatic rings. The average Bonchev–Trinajstić information content (AvgIpc) is 2.57. The third-order valence-corrected chi connectivity index (χ3v) is 5.24. The van der Waals surface area contributed by atoms with Gasteiger partial charge in [0.2, 0.25) is 0 Å². The maximum absolute atomic E-state index is 13.9. The SMILES string of the molecule is N[C@H]1CCCN[C@H]1COC1CCC(c2cccc(F)c2F)CC1. The lowest BCUT2D eigenvalue weighted by molar-refractivity contribution is 0.00600. The van der Waals surface area contributed by atoms with Crippen molar-refractivity contribution in [2.75, 3.05) is 13.2 Å². The molecule has 1 heterocycles. The minimum atomic E-state index is -0.752. The van der Waals surface area contributed by atoms with E-state index in [1.165, 1.54) is 6.07 Å². The second kappa shape index (κ2) is 7.69. The third kappa shape index (κ3) is 4.08. The predicted octanol–water partition coefficient (Wildman–Crippen LogP) is 3.09. The van der Waals surface area contributed by atoms with Crippen LogP contribution in [0.5, 0.6) is 0 Å². The lowest BCUT2D eigenvalue weighted by Crippen LogP contribution is -2.52. The van der Waals surface area contributed by atoms with Crippen molar-refractivity contribution in [3.05, 3.63) is 35.4 Å². The number of hydrogen-bond acceptors (Lipinski definition) is 3. The molecule has 0 bridgehead atoms. The summed E-state index contributed by atoms with van der Waals surface area (Å²) in [4.78, 5) is 0. The van der Waals surface area contributed by atoms with Gasteiger partial charge in [-0.15, -0.1) is 0 Å². The lowest BCUT2D eigenvalue weighted by atomic mass is 9.82. The highest BCUT2D eigenvalue weighted by atomic mass is 19.2. The van der Waals surface area contributed by atoms with Crippen LogP contribution in [-0.4, -0.2) is 31.3 Å². The summed E-state index contributed by atoms with van der Waals surface area (Å²) in [6, 6.07) is 4.87. The van der Waals surface area contributed by atoms with Crippen LogP contribution in [0.15, 0.2) is 18.2 Å². The number of nitrogens with two attached hydrogens (primary N) is 1. The average molecular weight is 324 g/mol. The van der Waals surface area contributed by atoms with Gasteiger partial charge in [-0.25, -0.2) is 8.78 Å². The topological polar surface area (TPSA) is 47.3 Å². The first-order chi connectivity index (χ1) is 11.1. The van der Waals surface area contributed by atoms with Gasteiger partial charge in [0, 0.05) is 12.1 Å². The number of piperidine rings is 1. The minimum Gasteiger partial charge on any atom is -0.377 e. The summed E-state index contributed by atoms with van der Waals surface area (Å²) in [6.07, 6.45) is 5.85. The molecule has 3 rings (SSSR count). The molecule has 2 atom stereocenters. The molecule has 1 saturated carbocycles. The molecule has 23 heavy (non-hydrogen) atoms. The van der Waals surface area contributed by atoms with Crippen LogP contribution in [0.4, 0.5) is 8.78 Å². The zero-order valence-corrected chi connectivity index (χ0v) is 13.4. The van der Waals surface area contributed by atoms with Crippen LogP contribution < -0.4 is 11.1 Å². The van der Waals surface area contributed by atoms with E-state index in [4.69, 9.17) is 10.5 Å². The first-order valence-electron chi connectivity index (χ1n) is 8.69. The standard InChI is InChI=1S/C18H26F2N2O/c19-15-4-1-3-14(18(15)20)12-6-8-13(9-7-12)23-11-17-16(21)5-2-10-22-17/h1,3-4,12-13,16-17,22H,2,5-11,21H2/t12?,13?,16-,17-/m0/s1. The molecule has 0 amide bonds. The van der Waals surface area contributed by atoms with Gasteiger partial charge in [-0.2, -0.15) is 0 Å². The normalized spacial score (nSPS) is 32.0. The maximum atomic E-state index is 13.9. The molecular formula is C18H26F2N2O. The van der Waals surface area contributed by atoms with E-state index in [9.17, 15) is 8.78 Å². The lowest BCUT2D eigenvalue weighted by Gasteiger charge is -2.33. The van der Waals surface area contributed by atoms with E-state index in [0.717, 1.165) is 45.1 Å². The van der Waals surface area contributed by atoms with Crippen LogP contribution in [0.25, 0.3) is 0 Å². The Morgan fingerprint density at radius 1 is 1.13 bits per heavy atom. The molecular weight excluding hydrogens is 298 g/mol. The number of halogens is 2. The smallest absolute Gasteiger partial charge is 0.162 e. The fraction of sp³-hybridized carbons (Fsp3) is 0.667. The van der Waals surface area contributed by atoms with E-state index in [2.05, 4.69) is 5.32 Å². The number of rotatable bonds is 4. The molecule has 2 fully saturated rings. The van der Waals surface area contributed by atoms with E-state index < -0.39 is 11.6 Å². The summed E-state index contributed by atoms with van der Waals surface area (Å²) in [5.41, 5.74) is 6.62. The third-order valence-electron chi connectivity index (χ3n) is 5.24. The number of nitrogens with one attached hydrogen (secondary N) is 1. The molecule has 3 N–H and O–H groups in total. The van der Waals surface area contributed by atoms with Gasteiger partial charge in [-0.3, -0.25) is 0 Å². The Bertz CT molecular complexity index is 518. The van der Waals surface area contributed by atoms with Crippen molar-refractivity contribution >= 4 is 0 Å². The van der Waals surface area contributed by atoms with Crippen LogP contribution in [0.3, 0.4) is 0 Å². The molecule has 0 radical (unpaired) electrons. The highest BCUT2D eigenvalue weighted by Gasteiger charge is 2.27. The molecule has 1 aromatic carbocycles. The van der Waals surface area contributed by atoms with E-state index in [0.29, 0.717) is 12.2 Å². The van der Waals surface area contributed by atoms with Crippen molar-refractivity contribution in [1.29, 1.82) is 0 Å². The summed E-state index contributed by atoms with van der Waals surface area (Å²) in [5.74, 6) is -1.34. The molecule has 3 nitrogen and oxygen atoms in total. The van der Waals surface area contributed by atoms with Gasteiger partial charge >= 0.3 is 0 Å². The van der Waals surface area contributed by atoms with Gasteiger partial charge in [-0.05, 0) is 62.6 Å². The van der Waals surface area contributed by atoms with Crippen molar-refractivity contribution in [2.45, 2.75) is 62.6 Å². The number of benzene rings is 1. The van der Waals surface area contributed by atoms with E-state index in [1.54, 1.807) is 12.1 Å². The summed E-state index contributed by atoms with van der Waals surface area (Å²) < 4.78 is 33.3. The van der Waals surface area contributed by atoms with Gasteiger partial charge in [0.05, 0.1) is 12.7 Å². The molecule has 128 valence electrons. The van der Waals surface area contributed by atoms with Crippen molar-refractivity contribution < 1.29 is 13.5 Å². The van der Waals surface area contributed by atoms with Crippen LogP contribution in [0, 0.1) is 11.6 Å². The monoisotopic (exact) mass is 324 g/mol. The number of ether oxygens (including phenoxy) is 1. The molecule has 1 aromatic rings. The largest absolute Gasteiger partial charge is 0.377 e. The van der Waals surface area contributed by atoms with Gasteiger partial charge in [0.1, 0.15) is 0 Å². The molecule has 0 spiro atoms. The quantitative estimate of drug-likeness (QED) is 0.895. The molecule has 0 aromatic heterocycles. The van der Waals surface area contributed by atoms with Crippen molar-refractivity contribution in [3.8, 4) is 0 Å². The number of hydrogen-bond donors (Lipinski definition) is 2. The van der Waals surface area contributed by atoms with Gasteiger partial charge in [-0.1, -0.05) is 12.1 Å². The van der Waals surface area contributed by atoms with Gasteiger partial charge in [0.15, 0.2) is 11.6 Å². The Labute approximate surface area is 136 Å². The van der Waals surface area contributed by atoms with Crippen molar-refractivity contribution in [3.63, 3.8) is 0 Å². The van der Waals surface area contributed by atoms with E-state index in [1.807, 2.05) is 0 Å². The first-order valence-corrected chi connectivity index (χ1v) is 8.69. The highest BCUT2D eigenvalue weighted by Crippen LogP contribution is 2.35. The van der Waals surface area contributed by atoms with E-state index in [-0.39, 0.29) is 24.1 Å². The molecule has 1 saturated heterocycles. The molecule has 1 aliphatic carbocycles. The summed E-state index contributed by atoms with van der Waals surface area (Å²) in [7, 11) is 0. The Kier molecular flexibility index (Phi) is 5.62. The fourth-order valence-corrected chi connectivity index (χ4v) is 3.78. The second-order valence-corrected chi connectivity index (χ2v) is 6.82. The van der Waals surface area contributed by atoms with E-state index >= 15 is 0 Å². The van der Waals surface area contributed by atoms with Crippen LogP contribution in [0.2, 0.25) is 0 Å². The second-order valence-electron chi connectivity index (χ2n) is 6.82. The Hall–Kier alpha value is -1.04. The minimum absolute atomic E-state index is 0.0978. The summed E-state index contributed by atoms with van der Waals surface area (Å²) >= 11 is 0. The van der Waals surface area contributed by atoms with Crippen LogP contribution in [-0.2, 0) is 4.74 Å². The van der Waals surface area contributed by atoms with Crippen LogP contribution in [0.1, 0.15) is 50.0 Å². The van der Waals surface area contributed by atoms with Gasteiger partial charge in [0.25, 0.3) is 0 Å². The van der Waals surface area contributed by atoms with Crippen molar-refractivity contribution in [2.24, 2.45) is 5.73 Å². The van der Waals surface area contributed by atoms with Crippen molar-refractivity contribution in [1.82, 2.24) is 5.32 Å². The Morgan fingerprint density at radius 3 is 2.65 bits per heavy atom.